The largest absolute Gasteiger partial charge is 0.280 e. The van der Waals surface area contributed by atoms with Crippen LogP contribution in [0.25, 0.3) is 0 Å². The van der Waals surface area contributed by atoms with Crippen molar-refractivity contribution in [3.8, 4) is 0 Å². The zero-order valence-corrected chi connectivity index (χ0v) is 8.54. The Bertz CT molecular complexity index is 223. The average molecular weight is 183 g/mol. The first-order valence-electron chi connectivity index (χ1n) is 4.93. The van der Waals surface area contributed by atoms with Crippen molar-refractivity contribution < 1.29 is 9.59 Å². The highest BCUT2D eigenvalue weighted by Crippen LogP contribution is 2.23. The molecule has 0 aromatic heterocycles. The highest BCUT2D eigenvalue weighted by Gasteiger charge is 2.34. The Kier molecular flexibility index (Phi) is 3.07. The van der Waals surface area contributed by atoms with Gasteiger partial charge in [-0.2, -0.15) is 0 Å². The number of carbonyl (C=O) groups excluding carboxylic acids is 2. The van der Waals surface area contributed by atoms with Crippen LogP contribution >= 0.6 is 0 Å². The first-order chi connectivity index (χ1) is 6.07. The highest BCUT2D eigenvalue weighted by atomic mass is 16.2. The number of piperidine rings is 1. The zero-order valence-electron chi connectivity index (χ0n) is 8.54. The predicted octanol–water partition coefficient (Wildman–Crippen LogP) is 1.57. The van der Waals surface area contributed by atoms with Crippen molar-refractivity contribution in [1.82, 2.24) is 4.90 Å². The summed E-state index contributed by atoms with van der Waals surface area (Å²) in [5, 5.41) is 0. The molecule has 0 aromatic carbocycles. The normalized spacial score (nSPS) is 24.3. The number of likely N-dealkylation sites (tertiary alicyclic amines) is 1. The molecule has 1 fully saturated rings. The van der Waals surface area contributed by atoms with Crippen LogP contribution in [0.4, 0.5) is 0 Å². The van der Waals surface area contributed by atoms with Gasteiger partial charge in [-0.3, -0.25) is 14.5 Å². The van der Waals surface area contributed by atoms with Gasteiger partial charge in [0.25, 0.3) is 0 Å². The van der Waals surface area contributed by atoms with Crippen LogP contribution in [-0.2, 0) is 9.59 Å². The Hall–Kier alpha value is -0.860. The van der Waals surface area contributed by atoms with E-state index in [1.807, 2.05) is 20.8 Å². The first kappa shape index (κ1) is 10.2. The summed E-state index contributed by atoms with van der Waals surface area (Å²) in [6.07, 6.45) is 2.11. The molecule has 1 unspecified atom stereocenters. The summed E-state index contributed by atoms with van der Waals surface area (Å²) in [7, 11) is 0. The third kappa shape index (κ3) is 1.90. The number of carbonyl (C=O) groups is 2. The van der Waals surface area contributed by atoms with Crippen molar-refractivity contribution in [2.24, 2.45) is 5.92 Å². The molecule has 0 aromatic rings. The van der Waals surface area contributed by atoms with Crippen molar-refractivity contribution in [3.63, 3.8) is 0 Å². The third-order valence-corrected chi connectivity index (χ3v) is 2.57. The van der Waals surface area contributed by atoms with Crippen LogP contribution in [0.1, 0.15) is 40.0 Å². The van der Waals surface area contributed by atoms with Crippen LogP contribution in [0.15, 0.2) is 0 Å². The highest BCUT2D eigenvalue weighted by molar-refractivity contribution is 5.99. The molecule has 3 nitrogen and oxygen atoms in total. The summed E-state index contributed by atoms with van der Waals surface area (Å²) in [6.45, 7) is 5.76. The second kappa shape index (κ2) is 3.90. The van der Waals surface area contributed by atoms with Gasteiger partial charge in [0, 0.05) is 18.4 Å². The molecule has 0 bridgehead atoms. The minimum absolute atomic E-state index is 0.00866. The molecule has 0 spiro atoms. The number of rotatable bonds is 2. The SMILES string of the molecule is CCC1CCC(=O)N(C(C)C)C1=O. The molecule has 74 valence electrons. The number of hydrogen-bond acceptors (Lipinski definition) is 2. The van der Waals surface area contributed by atoms with E-state index < -0.39 is 0 Å². The summed E-state index contributed by atoms with van der Waals surface area (Å²) >= 11 is 0. The van der Waals surface area contributed by atoms with E-state index in [1.165, 1.54) is 4.90 Å². The molecule has 1 heterocycles. The summed E-state index contributed by atoms with van der Waals surface area (Å²) in [4.78, 5) is 24.5. The summed E-state index contributed by atoms with van der Waals surface area (Å²) in [5.41, 5.74) is 0. The van der Waals surface area contributed by atoms with Crippen molar-refractivity contribution >= 4 is 11.8 Å². The zero-order chi connectivity index (χ0) is 10.0. The van der Waals surface area contributed by atoms with E-state index in [9.17, 15) is 9.59 Å². The maximum atomic E-state index is 11.7. The topological polar surface area (TPSA) is 37.4 Å². The molecule has 0 aliphatic carbocycles. The van der Waals surface area contributed by atoms with E-state index in [1.54, 1.807) is 0 Å². The minimum atomic E-state index is -0.00954. The quantitative estimate of drug-likeness (QED) is 0.609. The van der Waals surface area contributed by atoms with Crippen LogP contribution in [-0.4, -0.2) is 22.8 Å². The molecule has 1 aliphatic rings. The van der Waals surface area contributed by atoms with E-state index in [0.29, 0.717) is 6.42 Å². The van der Waals surface area contributed by atoms with Crippen LogP contribution in [0.3, 0.4) is 0 Å². The molecule has 1 aliphatic heterocycles. The molecule has 0 N–H and O–H groups in total. The summed E-state index contributed by atoms with van der Waals surface area (Å²) in [6, 6.07) is 0.00866. The van der Waals surface area contributed by atoms with Gasteiger partial charge in [-0.05, 0) is 26.7 Å². The molecule has 1 atom stereocenters. The lowest BCUT2D eigenvalue weighted by molar-refractivity contribution is -0.153. The van der Waals surface area contributed by atoms with Gasteiger partial charge < -0.3 is 0 Å². The lowest BCUT2D eigenvalue weighted by Crippen LogP contribution is -2.48. The fraction of sp³-hybridized carbons (Fsp3) is 0.800. The van der Waals surface area contributed by atoms with E-state index in [4.69, 9.17) is 0 Å². The maximum absolute atomic E-state index is 11.7. The van der Waals surface area contributed by atoms with E-state index in [-0.39, 0.29) is 23.8 Å². The second-order valence-corrected chi connectivity index (χ2v) is 3.84. The smallest absolute Gasteiger partial charge is 0.232 e. The fourth-order valence-electron chi connectivity index (χ4n) is 1.78. The molecule has 2 amide bonds. The molecule has 3 heteroatoms. The van der Waals surface area contributed by atoms with Crippen LogP contribution in [0.5, 0.6) is 0 Å². The molecule has 13 heavy (non-hydrogen) atoms. The Morgan fingerprint density at radius 2 is 2.08 bits per heavy atom. The Labute approximate surface area is 79.1 Å². The summed E-state index contributed by atoms with van der Waals surface area (Å²) < 4.78 is 0. The predicted molar refractivity (Wildman–Crippen MR) is 50.0 cm³/mol. The Morgan fingerprint density at radius 3 is 2.54 bits per heavy atom. The lowest BCUT2D eigenvalue weighted by atomic mass is 9.93. The van der Waals surface area contributed by atoms with Gasteiger partial charge in [0.1, 0.15) is 0 Å². The van der Waals surface area contributed by atoms with Gasteiger partial charge >= 0.3 is 0 Å². The van der Waals surface area contributed by atoms with Crippen molar-refractivity contribution in [2.45, 2.75) is 46.1 Å². The Morgan fingerprint density at radius 1 is 1.46 bits per heavy atom. The van der Waals surface area contributed by atoms with Gasteiger partial charge in [-0.15, -0.1) is 0 Å². The maximum Gasteiger partial charge on any atom is 0.232 e. The van der Waals surface area contributed by atoms with Gasteiger partial charge in [0.15, 0.2) is 0 Å². The molecular formula is C10H17NO2. The van der Waals surface area contributed by atoms with E-state index in [0.717, 1.165) is 12.8 Å². The van der Waals surface area contributed by atoms with Gasteiger partial charge in [0.05, 0.1) is 0 Å². The Balaban J connectivity index is 2.78. The monoisotopic (exact) mass is 183 g/mol. The molecular weight excluding hydrogens is 166 g/mol. The minimum Gasteiger partial charge on any atom is -0.280 e. The molecule has 1 saturated heterocycles. The third-order valence-electron chi connectivity index (χ3n) is 2.57. The van der Waals surface area contributed by atoms with Crippen LogP contribution in [0, 0.1) is 5.92 Å². The number of amides is 2. The second-order valence-electron chi connectivity index (χ2n) is 3.84. The first-order valence-corrected chi connectivity index (χ1v) is 4.93. The van der Waals surface area contributed by atoms with Gasteiger partial charge in [0.2, 0.25) is 11.8 Å². The van der Waals surface area contributed by atoms with Crippen molar-refractivity contribution in [3.05, 3.63) is 0 Å². The number of hydrogen-bond donors (Lipinski definition) is 0. The van der Waals surface area contributed by atoms with Crippen LogP contribution in [0.2, 0.25) is 0 Å². The van der Waals surface area contributed by atoms with Gasteiger partial charge in [-0.25, -0.2) is 0 Å². The molecule has 0 saturated carbocycles. The van der Waals surface area contributed by atoms with Crippen molar-refractivity contribution in [1.29, 1.82) is 0 Å². The average Bonchev–Trinajstić information content (AvgIpc) is 2.04. The molecule has 1 rings (SSSR count). The number of nitrogens with zero attached hydrogens (tertiary/aromatic N) is 1. The van der Waals surface area contributed by atoms with Crippen LogP contribution < -0.4 is 0 Å². The standard InChI is InChI=1S/C10H17NO2/c1-4-8-5-6-9(12)11(7(2)3)10(8)13/h7-8H,4-6H2,1-3H3. The number of imide groups is 1. The molecule has 0 radical (unpaired) electrons. The van der Waals surface area contributed by atoms with E-state index >= 15 is 0 Å². The fourth-order valence-corrected chi connectivity index (χ4v) is 1.78. The van der Waals surface area contributed by atoms with Crippen molar-refractivity contribution in [2.75, 3.05) is 0 Å². The van der Waals surface area contributed by atoms with E-state index in [2.05, 4.69) is 0 Å². The summed E-state index contributed by atoms with van der Waals surface area (Å²) in [5.74, 6) is 0.0820. The van der Waals surface area contributed by atoms with Gasteiger partial charge in [-0.1, -0.05) is 6.92 Å². The lowest BCUT2D eigenvalue weighted by Gasteiger charge is -2.32.